The number of aromatic nitrogens is 2. The maximum atomic E-state index is 12.5. The molecule has 0 bridgehead atoms. The largest absolute Gasteiger partial charge is 0.493 e. The van der Waals surface area contributed by atoms with Gasteiger partial charge in [0.1, 0.15) is 5.75 Å². The molecule has 1 aliphatic heterocycles. The van der Waals surface area contributed by atoms with Crippen LogP contribution in [0, 0.1) is 5.92 Å². The summed E-state index contributed by atoms with van der Waals surface area (Å²) in [5.74, 6) is 0.502. The average Bonchev–Trinajstić information content (AvgIpc) is 3.42. The number of hydrogen-bond donors (Lipinski definition) is 0. The van der Waals surface area contributed by atoms with E-state index in [0.717, 1.165) is 17.8 Å². The van der Waals surface area contributed by atoms with Crippen molar-refractivity contribution in [2.45, 2.75) is 13.0 Å². The van der Waals surface area contributed by atoms with Crippen LogP contribution in [0.15, 0.2) is 67.3 Å². The Morgan fingerprint density at radius 2 is 1.90 bits per heavy atom. The molecular formula is C23H23N3O4. The van der Waals surface area contributed by atoms with Crippen LogP contribution in [0.4, 0.5) is 5.69 Å². The Balaban J connectivity index is 1.32. The maximum Gasteiger partial charge on any atom is 0.337 e. The van der Waals surface area contributed by atoms with Gasteiger partial charge >= 0.3 is 5.97 Å². The first-order valence-corrected chi connectivity index (χ1v) is 9.78. The number of methoxy groups -OCH3 is 1. The van der Waals surface area contributed by atoms with E-state index in [1.54, 1.807) is 36.8 Å². The monoisotopic (exact) mass is 405 g/mol. The average molecular weight is 405 g/mol. The molecule has 0 saturated carbocycles. The molecule has 7 nitrogen and oxygen atoms in total. The normalized spacial score (nSPS) is 16.0. The molecule has 1 saturated heterocycles. The van der Waals surface area contributed by atoms with Crippen molar-refractivity contribution in [3.05, 3.63) is 78.4 Å². The second kappa shape index (κ2) is 8.82. The van der Waals surface area contributed by atoms with Crippen molar-refractivity contribution >= 4 is 17.6 Å². The highest BCUT2D eigenvalue weighted by Gasteiger charge is 2.31. The molecule has 1 amide bonds. The van der Waals surface area contributed by atoms with E-state index in [2.05, 4.69) is 9.72 Å². The van der Waals surface area contributed by atoms with Gasteiger partial charge in [0.25, 0.3) is 0 Å². The van der Waals surface area contributed by atoms with Crippen LogP contribution >= 0.6 is 0 Å². The van der Waals surface area contributed by atoms with E-state index in [4.69, 9.17) is 4.74 Å². The summed E-state index contributed by atoms with van der Waals surface area (Å²) in [6.07, 6.45) is 5.92. The van der Waals surface area contributed by atoms with Gasteiger partial charge in [0.05, 0.1) is 25.6 Å². The molecule has 0 radical (unpaired) electrons. The highest BCUT2D eigenvalue weighted by atomic mass is 16.5. The van der Waals surface area contributed by atoms with Gasteiger partial charge in [-0.2, -0.15) is 0 Å². The number of rotatable bonds is 7. The Hall–Kier alpha value is -3.61. The molecule has 3 aromatic rings. The summed E-state index contributed by atoms with van der Waals surface area (Å²) in [4.78, 5) is 29.9. The smallest absolute Gasteiger partial charge is 0.337 e. The van der Waals surface area contributed by atoms with Gasteiger partial charge in [-0.25, -0.2) is 9.78 Å². The second-order valence-corrected chi connectivity index (χ2v) is 7.30. The zero-order valence-electron chi connectivity index (χ0n) is 16.7. The zero-order valence-corrected chi connectivity index (χ0v) is 16.7. The van der Waals surface area contributed by atoms with Crippen molar-refractivity contribution < 1.29 is 19.1 Å². The zero-order chi connectivity index (χ0) is 20.9. The number of imidazole rings is 1. The van der Waals surface area contributed by atoms with Crippen LogP contribution in [0.2, 0.25) is 0 Å². The van der Waals surface area contributed by atoms with E-state index < -0.39 is 0 Å². The lowest BCUT2D eigenvalue weighted by Gasteiger charge is -2.17. The van der Waals surface area contributed by atoms with Gasteiger partial charge in [-0.15, -0.1) is 0 Å². The minimum atomic E-state index is -0.380. The number of esters is 1. The number of carbonyl (C=O) groups is 2. The van der Waals surface area contributed by atoms with Crippen molar-refractivity contribution in [3.63, 3.8) is 0 Å². The van der Waals surface area contributed by atoms with Crippen molar-refractivity contribution in [2.24, 2.45) is 5.92 Å². The number of amides is 1. The first-order chi connectivity index (χ1) is 14.6. The molecule has 7 heteroatoms. The Kier molecular flexibility index (Phi) is 5.79. The van der Waals surface area contributed by atoms with Gasteiger partial charge < -0.3 is 18.9 Å². The highest BCUT2D eigenvalue weighted by molar-refractivity contribution is 5.95. The minimum Gasteiger partial charge on any atom is -0.493 e. The lowest BCUT2D eigenvalue weighted by Crippen LogP contribution is -2.25. The van der Waals surface area contributed by atoms with Crippen LogP contribution in [0.25, 0.3) is 0 Å². The fourth-order valence-corrected chi connectivity index (χ4v) is 3.53. The van der Waals surface area contributed by atoms with Crippen LogP contribution in [0.3, 0.4) is 0 Å². The summed E-state index contributed by atoms with van der Waals surface area (Å²) in [7, 11) is 1.35. The minimum absolute atomic E-state index is 0.104. The summed E-state index contributed by atoms with van der Waals surface area (Å²) in [5.41, 5.74) is 2.53. The first-order valence-electron chi connectivity index (χ1n) is 9.78. The molecule has 154 valence electrons. The topological polar surface area (TPSA) is 73.7 Å². The van der Waals surface area contributed by atoms with Crippen molar-refractivity contribution in [3.8, 4) is 5.75 Å². The fourth-order valence-electron chi connectivity index (χ4n) is 3.53. The molecule has 1 fully saturated rings. The molecule has 0 N–H and O–H groups in total. The summed E-state index contributed by atoms with van der Waals surface area (Å²) >= 11 is 0. The number of benzene rings is 2. The summed E-state index contributed by atoms with van der Waals surface area (Å²) in [6.45, 7) is 1.82. The predicted octanol–water partition coefficient (Wildman–Crippen LogP) is 3.15. The summed E-state index contributed by atoms with van der Waals surface area (Å²) in [5, 5.41) is 0. The highest BCUT2D eigenvalue weighted by Crippen LogP contribution is 2.26. The Morgan fingerprint density at radius 3 is 2.57 bits per heavy atom. The standard InChI is InChI=1S/C23H23N3O4/c1-29-23(28)19-4-8-21(9-5-19)30-15-18-12-22(27)26(14-18)20-6-2-17(3-7-20)13-25-11-10-24-16-25/h2-11,16,18H,12-15H2,1H3. The summed E-state index contributed by atoms with van der Waals surface area (Å²) < 4.78 is 12.5. The van der Waals surface area contributed by atoms with Crippen LogP contribution < -0.4 is 9.64 Å². The van der Waals surface area contributed by atoms with E-state index in [9.17, 15) is 9.59 Å². The number of carbonyl (C=O) groups excluding carboxylic acids is 2. The first kappa shape index (κ1) is 19.7. The van der Waals surface area contributed by atoms with Crippen LogP contribution in [-0.2, 0) is 16.1 Å². The molecule has 1 aromatic heterocycles. The van der Waals surface area contributed by atoms with Gasteiger partial charge in [-0.1, -0.05) is 12.1 Å². The number of hydrogen-bond acceptors (Lipinski definition) is 5. The third kappa shape index (κ3) is 4.51. The van der Waals surface area contributed by atoms with Gasteiger partial charge in [0.2, 0.25) is 5.91 Å². The lowest BCUT2D eigenvalue weighted by atomic mass is 10.1. The van der Waals surface area contributed by atoms with Crippen LogP contribution in [0.1, 0.15) is 22.3 Å². The molecule has 1 aliphatic rings. The fraction of sp³-hybridized carbons (Fsp3) is 0.261. The van der Waals surface area contributed by atoms with E-state index >= 15 is 0 Å². The van der Waals surface area contributed by atoms with E-state index in [1.807, 2.05) is 39.9 Å². The Bertz CT molecular complexity index is 998. The number of anilines is 1. The van der Waals surface area contributed by atoms with Crippen molar-refractivity contribution in [1.82, 2.24) is 9.55 Å². The van der Waals surface area contributed by atoms with Gasteiger partial charge in [0, 0.05) is 43.5 Å². The Morgan fingerprint density at radius 1 is 1.13 bits per heavy atom. The van der Waals surface area contributed by atoms with Crippen molar-refractivity contribution in [2.75, 3.05) is 25.2 Å². The van der Waals surface area contributed by atoms with Gasteiger partial charge in [-0.3, -0.25) is 4.79 Å². The van der Waals surface area contributed by atoms with Gasteiger partial charge in [0.15, 0.2) is 0 Å². The molecule has 4 rings (SSSR count). The molecule has 2 heterocycles. The summed E-state index contributed by atoms with van der Waals surface area (Å²) in [6, 6.07) is 14.8. The van der Waals surface area contributed by atoms with E-state index in [-0.39, 0.29) is 17.8 Å². The Labute approximate surface area is 174 Å². The SMILES string of the molecule is COC(=O)c1ccc(OCC2CC(=O)N(c3ccc(Cn4ccnc4)cc3)C2)cc1. The molecule has 30 heavy (non-hydrogen) atoms. The molecule has 1 unspecified atom stereocenters. The lowest BCUT2D eigenvalue weighted by molar-refractivity contribution is -0.117. The predicted molar refractivity (Wildman–Crippen MR) is 112 cm³/mol. The van der Waals surface area contributed by atoms with E-state index in [1.165, 1.54) is 7.11 Å². The van der Waals surface area contributed by atoms with E-state index in [0.29, 0.717) is 30.9 Å². The quantitative estimate of drug-likeness (QED) is 0.565. The molecular weight excluding hydrogens is 382 g/mol. The molecule has 1 atom stereocenters. The van der Waals surface area contributed by atoms with Crippen LogP contribution in [-0.4, -0.2) is 41.7 Å². The van der Waals surface area contributed by atoms with Gasteiger partial charge in [-0.05, 0) is 42.0 Å². The number of ether oxygens (including phenoxy) is 2. The molecule has 0 aliphatic carbocycles. The second-order valence-electron chi connectivity index (χ2n) is 7.30. The molecule has 2 aromatic carbocycles. The number of nitrogens with zero attached hydrogens (tertiary/aromatic N) is 3. The van der Waals surface area contributed by atoms with Crippen molar-refractivity contribution in [1.29, 1.82) is 0 Å². The third-order valence-corrected chi connectivity index (χ3v) is 5.14. The maximum absolute atomic E-state index is 12.5. The molecule has 0 spiro atoms. The third-order valence-electron chi connectivity index (χ3n) is 5.14. The van der Waals surface area contributed by atoms with Crippen LogP contribution in [0.5, 0.6) is 5.75 Å².